The number of sulfonamides is 1. The molecule has 0 aliphatic heterocycles. The molecule has 0 heterocycles. The third-order valence-electron chi connectivity index (χ3n) is 3.85. The van der Waals surface area contributed by atoms with E-state index < -0.39 is 16.0 Å². The summed E-state index contributed by atoms with van der Waals surface area (Å²) in [5.41, 5.74) is 6.83. The minimum atomic E-state index is -3.91. The van der Waals surface area contributed by atoms with E-state index in [1.54, 1.807) is 30.3 Å². The van der Waals surface area contributed by atoms with Crippen molar-refractivity contribution in [1.82, 2.24) is 0 Å². The lowest BCUT2D eigenvalue weighted by Crippen LogP contribution is -2.13. The van der Waals surface area contributed by atoms with Gasteiger partial charge in [-0.2, -0.15) is 0 Å². The highest BCUT2D eigenvalue weighted by Crippen LogP contribution is 2.33. The molecule has 4 N–H and O–H groups in total. The fraction of sp³-hybridized carbons (Fsp3) is 0.0500. The average molecular weight is 433 g/mol. The highest BCUT2D eigenvalue weighted by Gasteiger charge is 2.17. The number of hydrogen-bond donors (Lipinski definition) is 3. The van der Waals surface area contributed by atoms with Gasteiger partial charge < -0.3 is 15.6 Å². The van der Waals surface area contributed by atoms with E-state index in [0.29, 0.717) is 22.0 Å². The van der Waals surface area contributed by atoms with Crippen molar-refractivity contribution in [3.8, 4) is 11.5 Å². The zero-order chi connectivity index (χ0) is 21.0. The van der Waals surface area contributed by atoms with Gasteiger partial charge in [0.2, 0.25) is 0 Å². The Morgan fingerprint density at radius 3 is 2.48 bits per heavy atom. The molecule has 0 fully saturated rings. The molecule has 0 saturated heterocycles. The van der Waals surface area contributed by atoms with Gasteiger partial charge in [0.15, 0.2) is 5.75 Å². The topological polar surface area (TPSA) is 119 Å². The molecule has 0 saturated carbocycles. The Morgan fingerprint density at radius 2 is 1.79 bits per heavy atom. The van der Waals surface area contributed by atoms with Crippen molar-refractivity contribution in [3.63, 3.8) is 0 Å². The molecular weight excluding hydrogens is 416 g/mol. The van der Waals surface area contributed by atoms with Gasteiger partial charge >= 0.3 is 5.97 Å². The van der Waals surface area contributed by atoms with Gasteiger partial charge in [0.25, 0.3) is 10.0 Å². The van der Waals surface area contributed by atoms with Crippen LogP contribution in [0.15, 0.2) is 71.6 Å². The van der Waals surface area contributed by atoms with Crippen LogP contribution < -0.4 is 15.2 Å². The van der Waals surface area contributed by atoms with Gasteiger partial charge in [0.05, 0.1) is 17.0 Å². The normalized spacial score (nSPS) is 11.1. The Labute approximate surface area is 172 Å². The number of nitrogens with two attached hydrogens (primary N) is 1. The summed E-state index contributed by atoms with van der Waals surface area (Å²) in [6, 6.07) is 16.8. The van der Waals surface area contributed by atoms with Crippen LogP contribution in [0.1, 0.15) is 5.56 Å². The summed E-state index contributed by atoms with van der Waals surface area (Å²) in [7, 11) is -3.91. The van der Waals surface area contributed by atoms with Crippen LogP contribution in [-0.4, -0.2) is 19.5 Å². The summed E-state index contributed by atoms with van der Waals surface area (Å²) in [4.78, 5) is 10.9. The van der Waals surface area contributed by atoms with Crippen LogP contribution in [0, 0.1) is 0 Å². The van der Waals surface area contributed by atoms with Crippen LogP contribution in [-0.2, 0) is 21.2 Å². The summed E-state index contributed by atoms with van der Waals surface area (Å²) in [5.74, 6) is -0.393. The average Bonchev–Trinajstić information content (AvgIpc) is 2.64. The first-order valence-electron chi connectivity index (χ1n) is 8.39. The molecule has 0 aliphatic rings. The molecule has 3 rings (SSSR count). The van der Waals surface area contributed by atoms with Crippen molar-refractivity contribution in [3.05, 3.63) is 77.3 Å². The predicted molar refractivity (Wildman–Crippen MR) is 111 cm³/mol. The van der Waals surface area contributed by atoms with Crippen molar-refractivity contribution < 1.29 is 23.1 Å². The molecule has 29 heavy (non-hydrogen) atoms. The molecule has 0 amide bonds. The van der Waals surface area contributed by atoms with Crippen molar-refractivity contribution in [1.29, 1.82) is 0 Å². The molecule has 0 aliphatic carbocycles. The van der Waals surface area contributed by atoms with Crippen LogP contribution in [0.5, 0.6) is 11.5 Å². The Bertz CT molecular complexity index is 1150. The van der Waals surface area contributed by atoms with E-state index in [0.717, 1.165) is 0 Å². The molecule has 0 aromatic heterocycles. The number of carboxylic acid groups (broad SMARTS) is 1. The number of nitrogen functional groups attached to an aromatic ring is 1. The van der Waals surface area contributed by atoms with E-state index in [2.05, 4.69) is 4.72 Å². The van der Waals surface area contributed by atoms with E-state index in [1.165, 1.54) is 36.4 Å². The summed E-state index contributed by atoms with van der Waals surface area (Å²) in [5, 5.41) is 9.35. The number of carboxylic acids is 1. The Kier molecular flexibility index (Phi) is 5.95. The SMILES string of the molecule is Nc1ccc(Oc2cccc(CC(=O)O)c2)c(NS(=O)(=O)c2ccc(Cl)cc2)c1. The van der Waals surface area contributed by atoms with E-state index in [1.807, 2.05) is 0 Å². The number of hydrogen-bond acceptors (Lipinski definition) is 5. The van der Waals surface area contributed by atoms with Gasteiger partial charge in [-0.3, -0.25) is 9.52 Å². The van der Waals surface area contributed by atoms with Crippen molar-refractivity contribution in [2.75, 3.05) is 10.5 Å². The van der Waals surface area contributed by atoms with Gasteiger partial charge in [-0.25, -0.2) is 8.42 Å². The van der Waals surface area contributed by atoms with Gasteiger partial charge in [0.1, 0.15) is 5.75 Å². The maximum atomic E-state index is 12.7. The summed E-state index contributed by atoms with van der Waals surface area (Å²) < 4.78 is 33.6. The molecule has 9 heteroatoms. The third kappa shape index (κ3) is 5.40. The predicted octanol–water partition coefficient (Wildman–Crippen LogP) is 4.14. The number of anilines is 2. The molecule has 3 aromatic carbocycles. The Morgan fingerprint density at radius 1 is 1.07 bits per heavy atom. The first-order valence-corrected chi connectivity index (χ1v) is 10.3. The van der Waals surface area contributed by atoms with Crippen LogP contribution in [0.3, 0.4) is 0 Å². The highest BCUT2D eigenvalue weighted by molar-refractivity contribution is 7.92. The van der Waals surface area contributed by atoms with Crippen LogP contribution in [0.2, 0.25) is 5.02 Å². The lowest BCUT2D eigenvalue weighted by Gasteiger charge is -2.15. The standard InChI is InChI=1S/C20H17ClN2O5S/c21-14-4-7-17(8-5-14)29(26,27)23-18-12-15(22)6-9-19(18)28-16-3-1-2-13(10-16)11-20(24)25/h1-10,12,23H,11,22H2,(H,24,25). The van der Waals surface area contributed by atoms with E-state index in [4.69, 9.17) is 27.2 Å². The van der Waals surface area contributed by atoms with Crippen molar-refractivity contribution >= 4 is 39.0 Å². The first kappa shape index (κ1) is 20.5. The lowest BCUT2D eigenvalue weighted by molar-refractivity contribution is -0.136. The zero-order valence-corrected chi connectivity index (χ0v) is 16.6. The van der Waals surface area contributed by atoms with Crippen LogP contribution >= 0.6 is 11.6 Å². The second kappa shape index (κ2) is 8.42. The fourth-order valence-corrected chi connectivity index (χ4v) is 3.74. The smallest absolute Gasteiger partial charge is 0.307 e. The number of aliphatic carboxylic acids is 1. The minimum Gasteiger partial charge on any atom is -0.481 e. The largest absolute Gasteiger partial charge is 0.481 e. The van der Waals surface area contributed by atoms with Gasteiger partial charge in [-0.15, -0.1) is 0 Å². The monoisotopic (exact) mass is 432 g/mol. The third-order valence-corrected chi connectivity index (χ3v) is 5.49. The molecule has 0 radical (unpaired) electrons. The van der Waals surface area contributed by atoms with Crippen LogP contribution in [0.4, 0.5) is 11.4 Å². The fourth-order valence-electron chi connectivity index (χ4n) is 2.55. The molecule has 3 aromatic rings. The summed E-state index contributed by atoms with van der Waals surface area (Å²) in [6.07, 6.45) is -0.158. The van der Waals surface area contributed by atoms with Gasteiger partial charge in [0, 0.05) is 10.7 Å². The quantitative estimate of drug-likeness (QED) is 0.483. The van der Waals surface area contributed by atoms with E-state index in [9.17, 15) is 13.2 Å². The second-order valence-electron chi connectivity index (χ2n) is 6.13. The number of benzene rings is 3. The summed E-state index contributed by atoms with van der Waals surface area (Å²) in [6.45, 7) is 0. The molecule has 0 bridgehead atoms. The number of nitrogens with one attached hydrogen (secondary N) is 1. The van der Waals surface area contributed by atoms with E-state index >= 15 is 0 Å². The number of carbonyl (C=O) groups is 1. The number of rotatable bonds is 7. The van der Waals surface area contributed by atoms with E-state index in [-0.39, 0.29) is 22.8 Å². The molecule has 7 nitrogen and oxygen atoms in total. The Balaban J connectivity index is 1.90. The highest BCUT2D eigenvalue weighted by atomic mass is 35.5. The molecule has 150 valence electrons. The lowest BCUT2D eigenvalue weighted by atomic mass is 10.1. The van der Waals surface area contributed by atoms with Gasteiger partial charge in [-0.05, 0) is 60.2 Å². The molecule has 0 spiro atoms. The molecule has 0 atom stereocenters. The van der Waals surface area contributed by atoms with Gasteiger partial charge in [-0.1, -0.05) is 23.7 Å². The number of halogens is 1. The first-order chi connectivity index (χ1) is 13.7. The molecular formula is C20H17ClN2O5S. The zero-order valence-electron chi connectivity index (χ0n) is 15.0. The maximum absolute atomic E-state index is 12.7. The summed E-state index contributed by atoms with van der Waals surface area (Å²) >= 11 is 5.81. The Hall–Kier alpha value is -3.23. The maximum Gasteiger partial charge on any atom is 0.307 e. The number of ether oxygens (including phenoxy) is 1. The van der Waals surface area contributed by atoms with Crippen LogP contribution in [0.25, 0.3) is 0 Å². The van der Waals surface area contributed by atoms with Crippen molar-refractivity contribution in [2.45, 2.75) is 11.3 Å². The second-order valence-corrected chi connectivity index (χ2v) is 8.25. The molecule has 0 unspecified atom stereocenters. The van der Waals surface area contributed by atoms with Crippen molar-refractivity contribution in [2.24, 2.45) is 0 Å². The minimum absolute atomic E-state index is 0.0266.